The maximum absolute atomic E-state index is 12.9. The van der Waals surface area contributed by atoms with Crippen LogP contribution in [0.25, 0.3) is 10.9 Å². The fourth-order valence-corrected chi connectivity index (χ4v) is 5.47. The number of ether oxygens (including phenoxy) is 1. The van der Waals surface area contributed by atoms with Gasteiger partial charge in [0.25, 0.3) is 10.0 Å². The first-order valence-corrected chi connectivity index (χ1v) is 13.2. The van der Waals surface area contributed by atoms with Crippen LogP contribution in [0, 0.1) is 0 Å². The van der Waals surface area contributed by atoms with Crippen molar-refractivity contribution < 1.29 is 23.1 Å². The van der Waals surface area contributed by atoms with Crippen molar-refractivity contribution in [1.29, 1.82) is 0 Å². The lowest BCUT2D eigenvalue weighted by molar-refractivity contribution is 0.0699. The molecule has 1 aliphatic heterocycles. The monoisotopic (exact) mass is 518 g/mol. The number of nitrogens with one attached hydrogen (secondary N) is 1. The lowest BCUT2D eigenvalue weighted by Gasteiger charge is -2.37. The van der Waals surface area contributed by atoms with Crippen LogP contribution >= 0.6 is 0 Å². The van der Waals surface area contributed by atoms with Gasteiger partial charge >= 0.3 is 5.97 Å². The number of hydrogen-bond donors (Lipinski definition) is 2. The van der Waals surface area contributed by atoms with Crippen molar-refractivity contribution in [3.05, 3.63) is 84.4 Å². The van der Waals surface area contributed by atoms with E-state index in [0.29, 0.717) is 35.6 Å². The minimum atomic E-state index is -3.88. The van der Waals surface area contributed by atoms with Crippen LogP contribution in [0.15, 0.2) is 83.8 Å². The summed E-state index contributed by atoms with van der Waals surface area (Å²) in [6, 6.07) is 22.4. The number of sulfonamides is 1. The quantitative estimate of drug-likeness (QED) is 0.377. The van der Waals surface area contributed by atoms with Gasteiger partial charge < -0.3 is 19.6 Å². The Morgan fingerprint density at radius 1 is 0.919 bits per heavy atom. The first-order valence-electron chi connectivity index (χ1n) is 11.7. The highest BCUT2D eigenvalue weighted by Gasteiger charge is 2.22. The smallest absolute Gasteiger partial charge is 0.336 e. The van der Waals surface area contributed by atoms with Gasteiger partial charge in [-0.25, -0.2) is 18.2 Å². The van der Waals surface area contributed by atoms with Crippen molar-refractivity contribution in [2.45, 2.75) is 4.90 Å². The second-order valence-electron chi connectivity index (χ2n) is 8.66. The van der Waals surface area contributed by atoms with Crippen LogP contribution in [-0.4, -0.2) is 57.8 Å². The van der Waals surface area contributed by atoms with Gasteiger partial charge in [-0.15, -0.1) is 0 Å². The molecular weight excluding hydrogens is 492 g/mol. The molecule has 0 spiro atoms. The molecule has 4 aromatic rings. The van der Waals surface area contributed by atoms with Gasteiger partial charge in [-0.1, -0.05) is 18.2 Å². The number of nitrogens with zero attached hydrogens (tertiary/aromatic N) is 3. The second-order valence-corrected chi connectivity index (χ2v) is 10.3. The number of piperazine rings is 1. The van der Waals surface area contributed by atoms with Crippen molar-refractivity contribution in [2.24, 2.45) is 0 Å². The molecule has 2 N–H and O–H groups in total. The summed E-state index contributed by atoms with van der Waals surface area (Å²) in [6.45, 7) is 2.98. The number of pyridine rings is 1. The van der Waals surface area contributed by atoms with Crippen LogP contribution in [0.1, 0.15) is 10.4 Å². The van der Waals surface area contributed by atoms with Crippen LogP contribution in [0.3, 0.4) is 0 Å². The van der Waals surface area contributed by atoms with Gasteiger partial charge in [0.1, 0.15) is 11.6 Å². The van der Waals surface area contributed by atoms with Gasteiger partial charge in [0.15, 0.2) is 0 Å². The van der Waals surface area contributed by atoms with Gasteiger partial charge in [0, 0.05) is 42.9 Å². The van der Waals surface area contributed by atoms with E-state index in [4.69, 9.17) is 9.72 Å². The number of carboxylic acids is 1. The van der Waals surface area contributed by atoms with E-state index in [9.17, 15) is 18.3 Å². The number of carboxylic acid groups (broad SMARTS) is 1. The molecule has 0 aliphatic carbocycles. The minimum Gasteiger partial charge on any atom is -0.497 e. The maximum atomic E-state index is 12.9. The molecule has 5 rings (SSSR count). The lowest BCUT2D eigenvalue weighted by Crippen LogP contribution is -2.46. The molecular formula is C27H26N4O5S. The number of anilines is 3. The second kappa shape index (κ2) is 9.98. The van der Waals surface area contributed by atoms with E-state index in [0.717, 1.165) is 18.8 Å². The van der Waals surface area contributed by atoms with Crippen LogP contribution in [0.4, 0.5) is 17.2 Å². The number of fused-ring (bicyclic) bond motifs is 1. The largest absolute Gasteiger partial charge is 0.497 e. The number of methoxy groups -OCH3 is 1. The number of aromatic nitrogens is 1. The van der Waals surface area contributed by atoms with Crippen molar-refractivity contribution in [3.8, 4) is 5.75 Å². The standard InChI is InChI=1S/C27H26N4O5S/c1-36-21-8-10-22(11-9-21)37(34,35)29-19-7-12-25-23(17-19)24(27(32)33)18-26(28-25)31-15-13-30(14-16-31)20-5-3-2-4-6-20/h2-12,17-18,29H,13-16H2,1H3,(H,32,33). The number of carbonyl (C=O) groups is 1. The third-order valence-corrected chi connectivity index (χ3v) is 7.77. The molecule has 37 heavy (non-hydrogen) atoms. The predicted octanol–water partition coefficient (Wildman–Crippen LogP) is 4.07. The fourth-order valence-electron chi connectivity index (χ4n) is 4.42. The summed E-state index contributed by atoms with van der Waals surface area (Å²) in [4.78, 5) is 21.3. The summed E-state index contributed by atoms with van der Waals surface area (Å²) in [5, 5.41) is 10.3. The van der Waals surface area contributed by atoms with Crippen molar-refractivity contribution >= 4 is 44.1 Å². The highest BCUT2D eigenvalue weighted by Crippen LogP contribution is 2.28. The lowest BCUT2D eigenvalue weighted by atomic mass is 10.1. The Morgan fingerprint density at radius 2 is 1.59 bits per heavy atom. The molecule has 0 saturated carbocycles. The zero-order valence-electron chi connectivity index (χ0n) is 20.2. The summed E-state index contributed by atoms with van der Waals surface area (Å²) < 4.78 is 33.3. The molecule has 0 radical (unpaired) electrons. The van der Waals surface area contributed by atoms with Crippen LogP contribution < -0.4 is 19.3 Å². The first-order chi connectivity index (χ1) is 17.8. The zero-order valence-corrected chi connectivity index (χ0v) is 21.0. The molecule has 0 unspecified atom stereocenters. The molecule has 9 nitrogen and oxygen atoms in total. The van der Waals surface area contributed by atoms with Crippen molar-refractivity contribution in [3.63, 3.8) is 0 Å². The van der Waals surface area contributed by atoms with E-state index >= 15 is 0 Å². The number of para-hydroxylation sites is 1. The van der Waals surface area contributed by atoms with E-state index in [2.05, 4.69) is 26.7 Å². The van der Waals surface area contributed by atoms with Gasteiger partial charge in [0.05, 0.1) is 23.1 Å². The molecule has 0 amide bonds. The number of aromatic carboxylic acids is 1. The summed E-state index contributed by atoms with van der Waals surface area (Å²) in [6.07, 6.45) is 0. The maximum Gasteiger partial charge on any atom is 0.336 e. The topological polar surface area (TPSA) is 112 Å². The van der Waals surface area contributed by atoms with E-state index < -0.39 is 16.0 Å². The molecule has 1 aromatic heterocycles. The predicted molar refractivity (Wildman–Crippen MR) is 143 cm³/mol. The SMILES string of the molecule is COc1ccc(S(=O)(=O)Nc2ccc3nc(N4CCN(c5ccccc5)CC4)cc(C(=O)O)c3c2)cc1. The summed E-state index contributed by atoms with van der Waals surface area (Å²) in [7, 11) is -2.38. The van der Waals surface area contributed by atoms with Gasteiger partial charge in [0.2, 0.25) is 0 Å². The molecule has 10 heteroatoms. The minimum absolute atomic E-state index is 0.0648. The van der Waals surface area contributed by atoms with E-state index in [1.54, 1.807) is 30.3 Å². The number of benzene rings is 3. The third kappa shape index (κ3) is 5.14. The first kappa shape index (κ1) is 24.4. The zero-order chi connectivity index (χ0) is 26.0. The molecule has 1 fully saturated rings. The Bertz CT molecular complexity index is 1530. The van der Waals surface area contributed by atoms with E-state index in [1.165, 1.54) is 25.3 Å². The highest BCUT2D eigenvalue weighted by molar-refractivity contribution is 7.92. The van der Waals surface area contributed by atoms with Crippen molar-refractivity contribution in [1.82, 2.24) is 4.98 Å². The summed E-state index contributed by atoms with van der Waals surface area (Å²) >= 11 is 0. The van der Waals surface area contributed by atoms with Gasteiger partial charge in [-0.05, 0) is 60.7 Å². The number of hydrogen-bond acceptors (Lipinski definition) is 7. The Labute approximate surface area is 215 Å². The van der Waals surface area contributed by atoms with Crippen LogP contribution in [-0.2, 0) is 10.0 Å². The van der Waals surface area contributed by atoms with Gasteiger partial charge in [-0.3, -0.25) is 4.72 Å². The molecule has 1 saturated heterocycles. The van der Waals surface area contributed by atoms with Crippen LogP contribution in [0.2, 0.25) is 0 Å². The molecule has 0 atom stereocenters. The molecule has 3 aromatic carbocycles. The van der Waals surface area contributed by atoms with Crippen molar-refractivity contribution in [2.75, 3.05) is 47.8 Å². The molecule has 190 valence electrons. The Balaban J connectivity index is 1.40. The van der Waals surface area contributed by atoms with Gasteiger partial charge in [-0.2, -0.15) is 0 Å². The summed E-state index contributed by atoms with van der Waals surface area (Å²) in [5.74, 6) is 0.0232. The normalized spacial score (nSPS) is 14.0. The van der Waals surface area contributed by atoms with E-state index in [-0.39, 0.29) is 16.1 Å². The average molecular weight is 519 g/mol. The van der Waals surface area contributed by atoms with Crippen LogP contribution in [0.5, 0.6) is 5.75 Å². The average Bonchev–Trinajstić information content (AvgIpc) is 2.93. The molecule has 0 bridgehead atoms. The number of rotatable bonds is 7. The summed E-state index contributed by atoms with van der Waals surface area (Å²) in [5.41, 5.74) is 1.95. The molecule has 1 aliphatic rings. The Hall–Kier alpha value is -4.31. The third-order valence-electron chi connectivity index (χ3n) is 6.37. The Kier molecular flexibility index (Phi) is 6.58. The fraction of sp³-hybridized carbons (Fsp3) is 0.185. The molecule has 2 heterocycles. The van der Waals surface area contributed by atoms with E-state index in [1.807, 2.05) is 18.2 Å². The Morgan fingerprint density at radius 3 is 2.24 bits per heavy atom. The highest BCUT2D eigenvalue weighted by atomic mass is 32.2.